The molecule has 0 saturated heterocycles. The third kappa shape index (κ3) is 0.972. The normalized spacial score (nSPS) is 14.5. The van der Waals surface area contributed by atoms with Gasteiger partial charge in [-0.2, -0.15) is 0 Å². The lowest BCUT2D eigenvalue weighted by Gasteiger charge is -2.05. The van der Waals surface area contributed by atoms with Gasteiger partial charge in [0.15, 0.2) is 5.78 Å². The van der Waals surface area contributed by atoms with Gasteiger partial charge in [0.05, 0.1) is 11.3 Å². The van der Waals surface area contributed by atoms with Gasteiger partial charge in [0.1, 0.15) is 0 Å². The molecule has 0 bridgehead atoms. The molecule has 12 heavy (non-hydrogen) atoms. The third-order valence-corrected chi connectivity index (χ3v) is 1.71. The maximum atomic E-state index is 11.2. The van der Waals surface area contributed by atoms with E-state index in [2.05, 4.69) is 9.98 Å². The molecule has 60 valence electrons. The van der Waals surface area contributed by atoms with Crippen LogP contribution < -0.4 is 5.56 Å². The second-order valence-electron chi connectivity index (χ2n) is 2.54. The Hall–Kier alpha value is -1.71. The van der Waals surface area contributed by atoms with Gasteiger partial charge in [-0.05, 0) is 0 Å². The zero-order valence-corrected chi connectivity index (χ0v) is 6.20. The molecule has 0 atom stereocenters. The summed E-state index contributed by atoms with van der Waals surface area (Å²) in [5.74, 6) is -0.00347. The van der Waals surface area contributed by atoms with Gasteiger partial charge < -0.3 is 4.98 Å². The van der Waals surface area contributed by atoms with Crippen molar-refractivity contribution in [3.05, 3.63) is 28.2 Å². The fourth-order valence-corrected chi connectivity index (χ4v) is 1.13. The maximum Gasteiger partial charge on any atom is 0.250 e. The number of H-pyrrole nitrogens is 1. The molecule has 0 aromatic carbocycles. The maximum absolute atomic E-state index is 11.2. The van der Waals surface area contributed by atoms with Crippen LogP contribution in [0.4, 0.5) is 5.69 Å². The average molecular weight is 162 g/mol. The Morgan fingerprint density at radius 3 is 3.08 bits per heavy atom. The average Bonchev–Trinajstić information content (AvgIpc) is 2.04. The number of pyridine rings is 1. The van der Waals surface area contributed by atoms with Crippen LogP contribution in [0.3, 0.4) is 0 Å². The van der Waals surface area contributed by atoms with Gasteiger partial charge in [-0.25, -0.2) is 0 Å². The number of carbonyl (C=O) groups is 1. The molecule has 1 aromatic rings. The molecule has 0 fully saturated rings. The van der Waals surface area contributed by atoms with Gasteiger partial charge in [-0.3, -0.25) is 14.6 Å². The minimum atomic E-state index is -0.236. The van der Waals surface area contributed by atoms with Gasteiger partial charge >= 0.3 is 0 Å². The van der Waals surface area contributed by atoms with E-state index < -0.39 is 0 Å². The van der Waals surface area contributed by atoms with Crippen LogP contribution in [-0.4, -0.2) is 17.0 Å². The van der Waals surface area contributed by atoms with Crippen molar-refractivity contribution in [3.8, 4) is 0 Å². The second-order valence-corrected chi connectivity index (χ2v) is 2.54. The number of aromatic nitrogens is 1. The van der Waals surface area contributed by atoms with Gasteiger partial charge in [-0.1, -0.05) is 0 Å². The zero-order valence-electron chi connectivity index (χ0n) is 6.20. The molecule has 1 aromatic heterocycles. The zero-order chi connectivity index (χ0) is 8.55. The first-order chi connectivity index (χ1) is 5.77. The lowest BCUT2D eigenvalue weighted by atomic mass is 10.1. The fraction of sp³-hybridized carbons (Fsp3) is 0.125. The summed E-state index contributed by atoms with van der Waals surface area (Å²) in [6.45, 7) is 0. The van der Waals surface area contributed by atoms with Crippen molar-refractivity contribution in [2.24, 2.45) is 4.99 Å². The van der Waals surface area contributed by atoms with Crippen LogP contribution in [0, 0.1) is 0 Å². The highest BCUT2D eigenvalue weighted by Gasteiger charge is 2.13. The van der Waals surface area contributed by atoms with E-state index >= 15 is 0 Å². The summed E-state index contributed by atoms with van der Waals surface area (Å²) in [6.07, 6.45) is 3.25. The van der Waals surface area contributed by atoms with Crippen molar-refractivity contribution in [1.29, 1.82) is 0 Å². The monoisotopic (exact) mass is 162 g/mol. The summed E-state index contributed by atoms with van der Waals surface area (Å²) >= 11 is 0. The number of nitrogens with one attached hydrogen (secondary N) is 1. The minimum Gasteiger partial charge on any atom is -0.328 e. The first-order valence-electron chi connectivity index (χ1n) is 3.56. The molecular weight excluding hydrogens is 156 g/mol. The molecule has 2 heterocycles. The number of rotatable bonds is 0. The van der Waals surface area contributed by atoms with Crippen molar-refractivity contribution >= 4 is 17.7 Å². The molecular formula is C8H6N2O2. The van der Waals surface area contributed by atoms with E-state index in [0.29, 0.717) is 17.7 Å². The number of nitrogens with zero attached hydrogens (tertiary/aromatic N) is 1. The number of fused-ring (bicyclic) bond motifs is 1. The van der Waals surface area contributed by atoms with E-state index in [1.165, 1.54) is 18.5 Å². The van der Waals surface area contributed by atoms with E-state index in [-0.39, 0.29) is 11.3 Å². The molecule has 0 unspecified atom stereocenters. The predicted octanol–water partition coefficient (Wildman–Crippen LogP) is 0.664. The summed E-state index contributed by atoms with van der Waals surface area (Å²) in [7, 11) is 0. The van der Waals surface area contributed by atoms with E-state index in [0.717, 1.165) is 0 Å². The quantitative estimate of drug-likeness (QED) is 0.609. The first-order valence-corrected chi connectivity index (χ1v) is 3.56. The van der Waals surface area contributed by atoms with Crippen LogP contribution in [0.2, 0.25) is 0 Å². The first kappa shape index (κ1) is 6.97. The van der Waals surface area contributed by atoms with E-state index in [1.54, 1.807) is 0 Å². The summed E-state index contributed by atoms with van der Waals surface area (Å²) in [4.78, 5) is 28.4. The molecule has 1 aliphatic rings. The molecule has 4 heteroatoms. The number of aromatic amines is 1. The topological polar surface area (TPSA) is 62.3 Å². The molecule has 0 aliphatic carbocycles. The summed E-state index contributed by atoms with van der Waals surface area (Å²) in [6, 6.07) is 1.32. The van der Waals surface area contributed by atoms with E-state index in [1.807, 2.05) is 0 Å². The van der Waals surface area contributed by atoms with Gasteiger partial charge in [-0.15, -0.1) is 0 Å². The Morgan fingerprint density at radius 1 is 1.42 bits per heavy atom. The largest absolute Gasteiger partial charge is 0.328 e. The van der Waals surface area contributed by atoms with Crippen molar-refractivity contribution in [1.82, 2.24) is 4.98 Å². The molecule has 2 rings (SSSR count). The second kappa shape index (κ2) is 2.41. The van der Waals surface area contributed by atoms with Gasteiger partial charge in [0, 0.05) is 24.9 Å². The number of carbonyl (C=O) groups excluding carboxylic acids is 1. The number of hydrogen-bond acceptors (Lipinski definition) is 3. The molecule has 1 aliphatic heterocycles. The van der Waals surface area contributed by atoms with Crippen LogP contribution in [-0.2, 0) is 0 Å². The van der Waals surface area contributed by atoms with Crippen molar-refractivity contribution < 1.29 is 4.79 Å². The standard InChI is InChI=1S/C8H6N2O2/c11-7-1-2-9-6-3-8(12)10-4-5(6)7/h2-4H,1H2,(H,10,12). The number of ketones is 1. The van der Waals surface area contributed by atoms with Crippen LogP contribution >= 0.6 is 0 Å². The molecule has 4 nitrogen and oxygen atoms in total. The van der Waals surface area contributed by atoms with Crippen LogP contribution in [0.25, 0.3) is 0 Å². The smallest absolute Gasteiger partial charge is 0.250 e. The predicted molar refractivity (Wildman–Crippen MR) is 44.2 cm³/mol. The molecule has 1 N–H and O–H groups in total. The highest BCUT2D eigenvalue weighted by Crippen LogP contribution is 2.20. The van der Waals surface area contributed by atoms with E-state index in [9.17, 15) is 9.59 Å². The Balaban J connectivity index is 2.70. The number of hydrogen-bond donors (Lipinski definition) is 1. The van der Waals surface area contributed by atoms with Crippen molar-refractivity contribution in [3.63, 3.8) is 0 Å². The number of Topliss-reactive ketones (excluding diaryl/α,β-unsaturated/α-hetero) is 1. The summed E-state index contributed by atoms with van der Waals surface area (Å²) < 4.78 is 0. The van der Waals surface area contributed by atoms with E-state index in [4.69, 9.17) is 0 Å². The Kier molecular flexibility index (Phi) is 1.40. The Morgan fingerprint density at radius 2 is 2.25 bits per heavy atom. The van der Waals surface area contributed by atoms with Crippen molar-refractivity contribution in [2.75, 3.05) is 0 Å². The highest BCUT2D eigenvalue weighted by atomic mass is 16.1. The fourth-order valence-electron chi connectivity index (χ4n) is 1.13. The van der Waals surface area contributed by atoms with Crippen LogP contribution in [0.5, 0.6) is 0 Å². The van der Waals surface area contributed by atoms with Gasteiger partial charge in [0.2, 0.25) is 5.56 Å². The molecule has 0 spiro atoms. The SMILES string of the molecule is O=C1CC=Nc2cc(=O)[nH]cc21. The number of aliphatic imine (C=N–C) groups is 1. The summed E-state index contributed by atoms with van der Waals surface area (Å²) in [5.41, 5.74) is 0.729. The van der Waals surface area contributed by atoms with Gasteiger partial charge in [0.25, 0.3) is 0 Å². The molecule has 0 saturated carbocycles. The Labute approximate surface area is 68.0 Å². The molecule has 0 amide bonds. The third-order valence-electron chi connectivity index (χ3n) is 1.71. The molecule has 0 radical (unpaired) electrons. The Bertz CT molecular complexity index is 417. The highest BCUT2D eigenvalue weighted by molar-refractivity contribution is 6.09. The lowest BCUT2D eigenvalue weighted by molar-refractivity contribution is 0.100. The van der Waals surface area contributed by atoms with Crippen LogP contribution in [0.1, 0.15) is 16.8 Å². The van der Waals surface area contributed by atoms with Crippen LogP contribution in [0.15, 0.2) is 22.1 Å². The lowest BCUT2D eigenvalue weighted by Crippen LogP contribution is -2.10. The summed E-state index contributed by atoms with van der Waals surface area (Å²) in [5, 5.41) is 0. The van der Waals surface area contributed by atoms with Crippen molar-refractivity contribution in [2.45, 2.75) is 6.42 Å². The minimum absolute atomic E-state index is 0.00347.